The molecule has 0 radical (unpaired) electrons. The Morgan fingerprint density at radius 3 is 2.26 bits per heavy atom. The second-order valence-corrected chi connectivity index (χ2v) is 8.87. The van der Waals surface area contributed by atoms with Gasteiger partial charge in [-0.3, -0.25) is 9.52 Å². The van der Waals surface area contributed by atoms with Gasteiger partial charge in [-0.2, -0.15) is 0 Å². The molecule has 3 aromatic rings. The molecule has 0 heterocycles. The van der Waals surface area contributed by atoms with Crippen molar-refractivity contribution in [2.24, 2.45) is 0 Å². The van der Waals surface area contributed by atoms with Crippen LogP contribution in [0.3, 0.4) is 0 Å². The number of rotatable bonds is 8. The van der Waals surface area contributed by atoms with Crippen LogP contribution >= 0.6 is 0 Å². The van der Waals surface area contributed by atoms with Gasteiger partial charge in [0.25, 0.3) is 15.9 Å². The number of nitrogens with one attached hydrogen (secondary N) is 2. The summed E-state index contributed by atoms with van der Waals surface area (Å²) >= 11 is 0. The third kappa shape index (κ3) is 5.44. The number of sulfonamides is 1. The minimum absolute atomic E-state index is 0.175. The van der Waals surface area contributed by atoms with E-state index in [0.29, 0.717) is 28.3 Å². The lowest BCUT2D eigenvalue weighted by molar-refractivity contribution is 0.102. The van der Waals surface area contributed by atoms with Crippen LogP contribution in [0.4, 0.5) is 11.4 Å². The summed E-state index contributed by atoms with van der Waals surface area (Å²) < 4.78 is 33.7. The maximum Gasteiger partial charge on any atom is 0.262 e. The van der Waals surface area contributed by atoms with Crippen LogP contribution in [0.25, 0.3) is 0 Å². The van der Waals surface area contributed by atoms with E-state index in [9.17, 15) is 13.2 Å². The molecule has 0 aliphatic carbocycles. The predicted octanol–water partition coefficient (Wildman–Crippen LogP) is 5.01. The molecule has 2 N–H and O–H groups in total. The minimum Gasteiger partial charge on any atom is -0.494 e. The van der Waals surface area contributed by atoms with Crippen molar-refractivity contribution >= 4 is 27.3 Å². The average Bonchev–Trinajstić information content (AvgIpc) is 2.76. The number of amides is 1. The number of aryl methyl sites for hydroxylation is 2. The highest BCUT2D eigenvalue weighted by molar-refractivity contribution is 7.92. The lowest BCUT2D eigenvalue weighted by atomic mass is 10.1. The number of carbonyl (C=O) groups is 1. The molecule has 0 unspecified atom stereocenters. The SMILES string of the molecule is CCCc1ccc(S(=O)(=O)Nc2cc(C)c(NC(=O)c3ccccc3)cc2OC)cc1. The maximum atomic E-state index is 12.9. The van der Waals surface area contributed by atoms with E-state index >= 15 is 0 Å². The Hall–Kier alpha value is -3.32. The number of methoxy groups -OCH3 is 1. The lowest BCUT2D eigenvalue weighted by Gasteiger charge is -2.16. The van der Waals surface area contributed by atoms with E-state index in [1.165, 1.54) is 7.11 Å². The molecule has 3 aromatic carbocycles. The first-order valence-electron chi connectivity index (χ1n) is 10.0. The van der Waals surface area contributed by atoms with Gasteiger partial charge in [-0.1, -0.05) is 43.7 Å². The van der Waals surface area contributed by atoms with Crippen molar-refractivity contribution in [2.45, 2.75) is 31.6 Å². The molecule has 3 rings (SSSR count). The van der Waals surface area contributed by atoms with Crippen molar-refractivity contribution in [3.8, 4) is 5.75 Å². The molecule has 0 aliphatic heterocycles. The van der Waals surface area contributed by atoms with E-state index in [4.69, 9.17) is 4.74 Å². The number of benzene rings is 3. The van der Waals surface area contributed by atoms with Crippen LogP contribution in [0, 0.1) is 6.92 Å². The van der Waals surface area contributed by atoms with Gasteiger partial charge in [-0.25, -0.2) is 8.42 Å². The second-order valence-electron chi connectivity index (χ2n) is 7.19. The Labute approximate surface area is 183 Å². The topological polar surface area (TPSA) is 84.5 Å². The standard InChI is InChI=1S/C24H26N2O4S/c1-4-8-18-11-13-20(14-12-18)31(28,29)26-22-15-17(2)21(16-23(22)30-3)25-24(27)19-9-6-5-7-10-19/h5-7,9-16,26H,4,8H2,1-3H3,(H,25,27). The van der Waals surface area contributed by atoms with Gasteiger partial charge in [0, 0.05) is 17.3 Å². The fourth-order valence-electron chi connectivity index (χ4n) is 3.18. The van der Waals surface area contributed by atoms with Crippen LogP contribution in [0.5, 0.6) is 5.75 Å². The molecule has 6 nitrogen and oxygen atoms in total. The zero-order chi connectivity index (χ0) is 22.4. The summed E-state index contributed by atoms with van der Waals surface area (Å²) in [7, 11) is -2.34. The molecule has 0 fully saturated rings. The minimum atomic E-state index is -3.79. The first kappa shape index (κ1) is 22.4. The van der Waals surface area contributed by atoms with Gasteiger partial charge >= 0.3 is 0 Å². The Morgan fingerprint density at radius 1 is 0.968 bits per heavy atom. The van der Waals surface area contributed by atoms with Gasteiger partial charge in [0.2, 0.25) is 0 Å². The molecule has 1 amide bonds. The third-order valence-electron chi connectivity index (χ3n) is 4.85. The van der Waals surface area contributed by atoms with Crippen molar-refractivity contribution in [1.29, 1.82) is 0 Å². The van der Waals surface area contributed by atoms with E-state index in [2.05, 4.69) is 17.0 Å². The monoisotopic (exact) mass is 438 g/mol. The summed E-state index contributed by atoms with van der Waals surface area (Å²) in [5, 5.41) is 2.84. The molecule has 0 aliphatic rings. The maximum absolute atomic E-state index is 12.9. The Kier molecular flexibility index (Phi) is 6.97. The lowest BCUT2D eigenvalue weighted by Crippen LogP contribution is -2.15. The number of carbonyl (C=O) groups excluding carboxylic acids is 1. The highest BCUT2D eigenvalue weighted by Crippen LogP contribution is 2.33. The highest BCUT2D eigenvalue weighted by Gasteiger charge is 2.18. The van der Waals surface area contributed by atoms with Crippen LogP contribution in [-0.2, 0) is 16.4 Å². The average molecular weight is 439 g/mol. The number of hydrogen-bond donors (Lipinski definition) is 2. The largest absolute Gasteiger partial charge is 0.494 e. The van der Waals surface area contributed by atoms with Gasteiger partial charge in [0.1, 0.15) is 5.75 Å². The normalized spacial score (nSPS) is 11.1. The summed E-state index contributed by atoms with van der Waals surface area (Å²) in [5.74, 6) is 0.0476. The van der Waals surface area contributed by atoms with E-state index in [0.717, 1.165) is 18.4 Å². The van der Waals surface area contributed by atoms with Crippen LogP contribution < -0.4 is 14.8 Å². The second kappa shape index (κ2) is 9.66. The molecule has 7 heteroatoms. The van der Waals surface area contributed by atoms with Crippen molar-refractivity contribution < 1.29 is 17.9 Å². The molecule has 0 aromatic heterocycles. The zero-order valence-electron chi connectivity index (χ0n) is 17.8. The zero-order valence-corrected chi connectivity index (χ0v) is 18.6. The molecule has 0 spiro atoms. The van der Waals surface area contributed by atoms with Crippen molar-refractivity contribution in [3.05, 3.63) is 83.4 Å². The first-order chi connectivity index (χ1) is 14.8. The summed E-state index contributed by atoms with van der Waals surface area (Å²) in [5.41, 5.74) is 3.15. The van der Waals surface area contributed by atoms with E-state index < -0.39 is 10.0 Å². The number of anilines is 2. The number of ether oxygens (including phenoxy) is 1. The summed E-state index contributed by atoms with van der Waals surface area (Å²) in [6, 6.07) is 18.9. The fourth-order valence-corrected chi connectivity index (χ4v) is 4.24. The summed E-state index contributed by atoms with van der Waals surface area (Å²) in [6.07, 6.45) is 1.89. The predicted molar refractivity (Wildman–Crippen MR) is 123 cm³/mol. The van der Waals surface area contributed by atoms with Crippen molar-refractivity contribution in [3.63, 3.8) is 0 Å². The first-order valence-corrected chi connectivity index (χ1v) is 11.5. The Balaban J connectivity index is 1.84. The molecule has 0 saturated carbocycles. The quantitative estimate of drug-likeness (QED) is 0.518. The van der Waals surface area contributed by atoms with Crippen molar-refractivity contribution in [2.75, 3.05) is 17.1 Å². The van der Waals surface area contributed by atoms with Crippen molar-refractivity contribution in [1.82, 2.24) is 0 Å². The molecule has 0 bridgehead atoms. The smallest absolute Gasteiger partial charge is 0.262 e. The van der Waals surface area contributed by atoms with Crippen LogP contribution in [0.1, 0.15) is 34.8 Å². The van der Waals surface area contributed by atoms with Gasteiger partial charge in [-0.05, 0) is 54.8 Å². The molecular formula is C24H26N2O4S. The Bertz CT molecular complexity index is 1160. The highest BCUT2D eigenvalue weighted by atomic mass is 32.2. The van der Waals surface area contributed by atoms with Crippen LogP contribution in [0.15, 0.2) is 71.6 Å². The summed E-state index contributed by atoms with van der Waals surface area (Å²) in [6.45, 7) is 3.87. The fraction of sp³-hybridized carbons (Fsp3) is 0.208. The van der Waals surface area contributed by atoms with E-state index in [-0.39, 0.29) is 10.8 Å². The van der Waals surface area contributed by atoms with Gasteiger partial charge in [0.15, 0.2) is 0 Å². The Morgan fingerprint density at radius 2 is 1.65 bits per heavy atom. The van der Waals surface area contributed by atoms with Gasteiger partial charge in [0.05, 0.1) is 17.7 Å². The molecule has 162 valence electrons. The van der Waals surface area contributed by atoms with E-state index in [1.807, 2.05) is 18.2 Å². The number of hydrogen-bond acceptors (Lipinski definition) is 4. The molecule has 0 atom stereocenters. The van der Waals surface area contributed by atoms with Crippen LogP contribution in [0.2, 0.25) is 0 Å². The van der Waals surface area contributed by atoms with E-state index in [1.54, 1.807) is 55.5 Å². The molecule has 0 saturated heterocycles. The third-order valence-corrected chi connectivity index (χ3v) is 6.23. The van der Waals surface area contributed by atoms with Gasteiger partial charge < -0.3 is 10.1 Å². The summed E-state index contributed by atoms with van der Waals surface area (Å²) in [4.78, 5) is 12.6. The van der Waals surface area contributed by atoms with Crippen LogP contribution in [-0.4, -0.2) is 21.4 Å². The van der Waals surface area contributed by atoms with Gasteiger partial charge in [-0.15, -0.1) is 0 Å². The molecule has 31 heavy (non-hydrogen) atoms. The molecular weight excluding hydrogens is 412 g/mol.